The molecule has 3 heterocycles. The van der Waals surface area contributed by atoms with Crippen molar-refractivity contribution in [3.63, 3.8) is 0 Å². The summed E-state index contributed by atoms with van der Waals surface area (Å²) < 4.78 is 31.6. The van der Waals surface area contributed by atoms with Gasteiger partial charge in [-0.2, -0.15) is 0 Å². The highest BCUT2D eigenvalue weighted by Gasteiger charge is 2.47. The number of hydrogen-bond acceptors (Lipinski definition) is 10. The van der Waals surface area contributed by atoms with Gasteiger partial charge in [0.1, 0.15) is 11.6 Å². The first kappa shape index (κ1) is 29.3. The fraction of sp³-hybridized carbons (Fsp3) is 0.267. The first-order valence-electron chi connectivity index (χ1n) is 13.2. The molecule has 1 N–H and O–H groups in total. The molecular formula is C30H28FN3O6S2. The largest absolute Gasteiger partial charge is 0.503 e. The maximum Gasteiger partial charge on any atom is 0.296 e. The zero-order valence-corrected chi connectivity index (χ0v) is 24.8. The number of nitrogens with zero attached hydrogens (tertiary/aromatic N) is 3. The van der Waals surface area contributed by atoms with Crippen molar-refractivity contribution in [2.45, 2.75) is 42.8 Å². The summed E-state index contributed by atoms with van der Waals surface area (Å²) in [6, 6.07) is 13.6. The van der Waals surface area contributed by atoms with Crippen LogP contribution < -0.4 is 14.4 Å². The van der Waals surface area contributed by atoms with Crippen LogP contribution in [0.25, 0.3) is 0 Å². The molecule has 0 saturated heterocycles. The van der Waals surface area contributed by atoms with E-state index in [4.69, 9.17) is 13.9 Å². The van der Waals surface area contributed by atoms with Crippen molar-refractivity contribution in [3.05, 3.63) is 94.4 Å². The van der Waals surface area contributed by atoms with Crippen LogP contribution in [0, 0.1) is 12.7 Å². The first-order valence-corrected chi connectivity index (χ1v) is 15.0. The Kier molecular flexibility index (Phi) is 8.93. The lowest BCUT2D eigenvalue weighted by atomic mass is 9.95. The Morgan fingerprint density at radius 3 is 2.69 bits per heavy atom. The summed E-state index contributed by atoms with van der Waals surface area (Å²) in [4.78, 5) is 28.4. The maximum absolute atomic E-state index is 14.1. The summed E-state index contributed by atoms with van der Waals surface area (Å²) in [6.45, 7) is 4.25. The highest BCUT2D eigenvalue weighted by molar-refractivity contribution is 8.00. The summed E-state index contributed by atoms with van der Waals surface area (Å²) in [5.74, 6) is -0.773. The van der Waals surface area contributed by atoms with Crippen molar-refractivity contribution in [2.75, 3.05) is 18.6 Å². The number of carbonyl (C=O) groups excluding carboxylic acids is 2. The van der Waals surface area contributed by atoms with Gasteiger partial charge in [-0.15, -0.1) is 10.2 Å². The maximum atomic E-state index is 14.1. The van der Waals surface area contributed by atoms with Gasteiger partial charge in [0.25, 0.3) is 5.91 Å². The average molecular weight is 610 g/mol. The summed E-state index contributed by atoms with van der Waals surface area (Å²) in [6.07, 6.45) is 1.83. The Morgan fingerprint density at radius 1 is 1.17 bits per heavy atom. The molecule has 0 aliphatic carbocycles. The first-order chi connectivity index (χ1) is 20.3. The quantitative estimate of drug-likeness (QED) is 0.0798. The van der Waals surface area contributed by atoms with Crippen LogP contribution >= 0.6 is 23.1 Å². The molecule has 5 rings (SSSR count). The van der Waals surface area contributed by atoms with Crippen LogP contribution in [0.4, 0.5) is 9.52 Å². The van der Waals surface area contributed by atoms with Crippen LogP contribution in [0.3, 0.4) is 0 Å². The summed E-state index contributed by atoms with van der Waals surface area (Å²) in [5, 5.41) is 19.6. The van der Waals surface area contributed by atoms with Crippen LogP contribution in [0.5, 0.6) is 11.5 Å². The minimum absolute atomic E-state index is 0.0152. The SMILES string of the molecule is CCCCOc1ccc(C2C(C(=O)c3ccc(C)o3)=C(O)C(=O)N2c2nnc(SCc3ccccc3F)s2)cc1OC. The summed E-state index contributed by atoms with van der Waals surface area (Å²) in [5.41, 5.74) is 0.824. The standard InChI is InChI=1S/C30H28FN3O6S2/c1-4-5-14-39-21-13-11-18(15-23(21)38-3)25-24(26(35)22-12-10-17(2)40-22)27(36)28(37)34(25)29-32-33-30(42-29)41-16-19-8-6-7-9-20(19)31/h6-13,15,25,36H,4-5,14,16H2,1-3H3. The Morgan fingerprint density at radius 2 is 1.98 bits per heavy atom. The number of ether oxygens (including phenoxy) is 2. The second-order valence-electron chi connectivity index (χ2n) is 9.42. The lowest BCUT2D eigenvalue weighted by Gasteiger charge is -2.24. The van der Waals surface area contributed by atoms with Gasteiger partial charge in [0, 0.05) is 5.75 Å². The van der Waals surface area contributed by atoms with E-state index < -0.39 is 23.5 Å². The van der Waals surface area contributed by atoms with E-state index in [9.17, 15) is 19.1 Å². The molecule has 1 unspecified atom stereocenters. The van der Waals surface area contributed by atoms with Crippen molar-refractivity contribution < 1.29 is 33.0 Å². The van der Waals surface area contributed by atoms with Crippen LogP contribution in [0.2, 0.25) is 0 Å². The fourth-order valence-electron chi connectivity index (χ4n) is 4.45. The molecule has 0 saturated carbocycles. The number of thioether (sulfide) groups is 1. The molecule has 42 heavy (non-hydrogen) atoms. The van der Waals surface area contributed by atoms with Crippen LogP contribution in [0.1, 0.15) is 53.2 Å². The zero-order valence-electron chi connectivity index (χ0n) is 23.1. The molecule has 1 aliphatic rings. The molecule has 0 bridgehead atoms. The lowest BCUT2D eigenvalue weighted by Crippen LogP contribution is -2.31. The number of benzene rings is 2. The second-order valence-corrected chi connectivity index (χ2v) is 11.6. The molecule has 0 spiro atoms. The highest BCUT2D eigenvalue weighted by atomic mass is 32.2. The molecule has 4 aromatic rings. The summed E-state index contributed by atoms with van der Waals surface area (Å²) in [7, 11) is 1.50. The van der Waals surface area contributed by atoms with Crippen LogP contribution in [-0.4, -0.2) is 40.7 Å². The van der Waals surface area contributed by atoms with E-state index in [2.05, 4.69) is 17.1 Å². The number of Topliss-reactive ketones (excluding diaryl/α,β-unsaturated/α-hetero) is 1. The monoisotopic (exact) mass is 609 g/mol. The van der Waals surface area contributed by atoms with Gasteiger partial charge in [-0.05, 0) is 54.8 Å². The molecule has 0 radical (unpaired) electrons. The Hall–Kier alpha value is -4.16. The molecule has 0 fully saturated rings. The number of hydrogen-bond donors (Lipinski definition) is 1. The smallest absolute Gasteiger partial charge is 0.296 e. The minimum atomic E-state index is -1.06. The van der Waals surface area contributed by atoms with E-state index >= 15 is 0 Å². The average Bonchev–Trinajstić information content (AvgIpc) is 3.71. The number of aliphatic hydroxyl groups excluding tert-OH is 1. The van der Waals surface area contributed by atoms with Gasteiger partial charge < -0.3 is 19.0 Å². The molecule has 9 nitrogen and oxygen atoms in total. The normalized spacial score (nSPS) is 15.0. The van der Waals surface area contributed by atoms with Crippen molar-refractivity contribution >= 4 is 39.9 Å². The highest BCUT2D eigenvalue weighted by Crippen LogP contribution is 2.45. The number of aromatic nitrogens is 2. The number of halogens is 1. The molecule has 12 heteroatoms. The number of rotatable bonds is 12. The Bertz CT molecular complexity index is 1650. The van der Waals surface area contributed by atoms with Gasteiger partial charge in [-0.25, -0.2) is 4.39 Å². The number of ketones is 1. The molecule has 2 aromatic heterocycles. The molecule has 2 aromatic carbocycles. The van der Waals surface area contributed by atoms with E-state index in [-0.39, 0.29) is 22.3 Å². The third kappa shape index (κ3) is 5.90. The van der Waals surface area contributed by atoms with Crippen LogP contribution in [-0.2, 0) is 10.5 Å². The Balaban J connectivity index is 1.52. The third-order valence-corrected chi connectivity index (χ3v) is 8.69. The number of aryl methyl sites for hydroxylation is 1. The van der Waals surface area contributed by atoms with Gasteiger partial charge in [0.05, 0.1) is 25.3 Å². The van der Waals surface area contributed by atoms with Gasteiger partial charge >= 0.3 is 0 Å². The lowest BCUT2D eigenvalue weighted by molar-refractivity contribution is -0.117. The number of anilines is 1. The van der Waals surface area contributed by atoms with Crippen LogP contribution in [0.15, 0.2) is 74.7 Å². The van der Waals surface area contributed by atoms with E-state index in [0.29, 0.717) is 45.1 Å². The predicted molar refractivity (Wildman–Crippen MR) is 157 cm³/mol. The molecule has 1 aliphatic heterocycles. The van der Waals surface area contributed by atoms with Crippen molar-refractivity contribution in [1.29, 1.82) is 0 Å². The van der Waals surface area contributed by atoms with Crippen molar-refractivity contribution in [1.82, 2.24) is 10.2 Å². The van der Waals surface area contributed by atoms with Gasteiger partial charge in [-0.1, -0.05) is 60.7 Å². The number of methoxy groups -OCH3 is 1. The topological polar surface area (TPSA) is 115 Å². The molecular weight excluding hydrogens is 581 g/mol. The minimum Gasteiger partial charge on any atom is -0.503 e. The second kappa shape index (κ2) is 12.8. The zero-order chi connectivity index (χ0) is 29.8. The van der Waals surface area contributed by atoms with Gasteiger partial charge in [-0.3, -0.25) is 14.5 Å². The Labute approximate surface area is 250 Å². The van der Waals surface area contributed by atoms with Gasteiger partial charge in [0.15, 0.2) is 27.4 Å². The van der Waals surface area contributed by atoms with E-state index in [0.717, 1.165) is 24.2 Å². The van der Waals surface area contributed by atoms with Crippen molar-refractivity contribution in [2.24, 2.45) is 0 Å². The van der Waals surface area contributed by atoms with E-state index in [1.807, 2.05) is 0 Å². The van der Waals surface area contributed by atoms with Gasteiger partial charge in [0.2, 0.25) is 10.9 Å². The number of amides is 1. The molecule has 1 amide bonds. The number of carbonyl (C=O) groups is 2. The van der Waals surface area contributed by atoms with E-state index in [1.165, 1.54) is 35.9 Å². The number of furan rings is 1. The molecule has 218 valence electrons. The van der Waals surface area contributed by atoms with Crippen molar-refractivity contribution in [3.8, 4) is 11.5 Å². The number of aliphatic hydroxyl groups is 1. The summed E-state index contributed by atoms with van der Waals surface area (Å²) >= 11 is 2.36. The van der Waals surface area contributed by atoms with E-state index in [1.54, 1.807) is 49.4 Å². The fourth-order valence-corrected chi connectivity index (χ4v) is 6.31. The third-order valence-electron chi connectivity index (χ3n) is 6.59. The predicted octanol–water partition coefficient (Wildman–Crippen LogP) is 6.84. The molecule has 1 atom stereocenters. The number of unbranched alkanes of at least 4 members (excludes halogenated alkanes) is 1.